The van der Waals surface area contributed by atoms with Gasteiger partial charge in [0.15, 0.2) is 7.14 Å². The molecule has 0 radical (unpaired) electrons. The van der Waals surface area contributed by atoms with Crippen LogP contribution in [-0.2, 0) is 4.57 Å². The van der Waals surface area contributed by atoms with Gasteiger partial charge < -0.3 is 4.57 Å². The lowest BCUT2D eigenvalue weighted by molar-refractivity contribution is 0.592. The predicted octanol–water partition coefficient (Wildman–Crippen LogP) is 6.67. The largest absolute Gasteiger partial charge is 0.309 e. The number of benzene rings is 5. The summed E-state index contributed by atoms with van der Waals surface area (Å²) in [6.07, 6.45) is 3.51. The first kappa shape index (κ1) is 19.5. The quantitative estimate of drug-likeness (QED) is 0.260. The third-order valence-corrected chi connectivity index (χ3v) is 10.1. The molecule has 0 N–H and O–H groups in total. The zero-order valence-corrected chi connectivity index (χ0v) is 19.2. The Morgan fingerprint density at radius 1 is 0.529 bits per heavy atom. The predicted molar refractivity (Wildman–Crippen MR) is 143 cm³/mol. The standard InChI is InChI=1S/C31H20NOP/c33-34(23-10-7-19-32-20-23)28-14-6-5-13-26(28)27-17-15-21-8-1-3-11-24(21)30(27)31-25-12-4-2-9-22(25)16-18-29(31)34/h1-20H. The smallest absolute Gasteiger partial charge is 0.173 e. The molecule has 2 nitrogen and oxygen atoms in total. The first-order valence-electron chi connectivity index (χ1n) is 11.4. The van der Waals surface area contributed by atoms with Crippen molar-refractivity contribution in [3.8, 4) is 22.3 Å². The van der Waals surface area contributed by atoms with Gasteiger partial charge in [-0.1, -0.05) is 91.0 Å². The number of fused-ring (bicyclic) bond motifs is 9. The van der Waals surface area contributed by atoms with Gasteiger partial charge in [-0.2, -0.15) is 0 Å². The van der Waals surface area contributed by atoms with E-state index in [1.807, 2.05) is 30.3 Å². The summed E-state index contributed by atoms with van der Waals surface area (Å²) in [6, 6.07) is 37.5. The summed E-state index contributed by atoms with van der Waals surface area (Å²) in [5.74, 6) is 0. The average Bonchev–Trinajstić information content (AvgIpc) is 3.01. The second kappa shape index (κ2) is 7.25. The van der Waals surface area contributed by atoms with Crippen molar-refractivity contribution in [3.63, 3.8) is 0 Å². The fourth-order valence-electron chi connectivity index (χ4n) is 5.47. The molecule has 0 spiro atoms. The summed E-state index contributed by atoms with van der Waals surface area (Å²) in [4.78, 5) is 4.37. The van der Waals surface area contributed by atoms with Crippen LogP contribution in [0.25, 0.3) is 43.8 Å². The molecule has 6 aromatic rings. The normalized spacial score (nSPS) is 16.5. The maximum Gasteiger partial charge on any atom is 0.173 e. The summed E-state index contributed by atoms with van der Waals surface area (Å²) < 4.78 is 15.5. The van der Waals surface area contributed by atoms with Crippen molar-refractivity contribution >= 4 is 44.6 Å². The minimum atomic E-state index is -3.22. The van der Waals surface area contributed by atoms with E-state index in [0.29, 0.717) is 0 Å². The molecule has 160 valence electrons. The Balaban J connectivity index is 1.79. The molecule has 0 bridgehead atoms. The molecule has 1 unspecified atom stereocenters. The minimum Gasteiger partial charge on any atom is -0.309 e. The van der Waals surface area contributed by atoms with Crippen LogP contribution in [-0.4, -0.2) is 4.98 Å². The maximum atomic E-state index is 15.5. The van der Waals surface area contributed by atoms with Gasteiger partial charge in [0.05, 0.1) is 0 Å². The fourth-order valence-corrected chi connectivity index (χ4v) is 8.48. The molecule has 1 aliphatic heterocycles. The van der Waals surface area contributed by atoms with E-state index in [2.05, 4.69) is 83.8 Å². The molecule has 3 heteroatoms. The van der Waals surface area contributed by atoms with Crippen molar-refractivity contribution in [2.24, 2.45) is 0 Å². The van der Waals surface area contributed by atoms with E-state index in [1.54, 1.807) is 12.4 Å². The van der Waals surface area contributed by atoms with Gasteiger partial charge in [0.2, 0.25) is 0 Å². The van der Waals surface area contributed by atoms with Gasteiger partial charge in [-0.25, -0.2) is 0 Å². The van der Waals surface area contributed by atoms with Crippen LogP contribution in [0.4, 0.5) is 0 Å². The van der Waals surface area contributed by atoms with Crippen LogP contribution in [0.15, 0.2) is 122 Å². The van der Waals surface area contributed by atoms with Gasteiger partial charge >= 0.3 is 0 Å². The average molecular weight is 453 g/mol. The number of rotatable bonds is 1. The molecule has 1 atom stereocenters. The Bertz CT molecular complexity index is 1790. The third kappa shape index (κ3) is 2.58. The van der Waals surface area contributed by atoms with Crippen molar-refractivity contribution in [2.45, 2.75) is 0 Å². The zero-order valence-electron chi connectivity index (χ0n) is 18.3. The second-order valence-corrected chi connectivity index (χ2v) is 11.4. The summed E-state index contributed by atoms with van der Waals surface area (Å²) in [6.45, 7) is 0. The highest BCUT2D eigenvalue weighted by atomic mass is 31.2. The molecular formula is C31H20NOP. The lowest BCUT2D eigenvalue weighted by atomic mass is 9.87. The van der Waals surface area contributed by atoms with Crippen LogP contribution in [0.5, 0.6) is 0 Å². The lowest BCUT2D eigenvalue weighted by Crippen LogP contribution is -2.26. The molecule has 0 saturated heterocycles. The van der Waals surface area contributed by atoms with Crippen molar-refractivity contribution in [2.75, 3.05) is 0 Å². The van der Waals surface area contributed by atoms with E-state index in [1.165, 1.54) is 10.8 Å². The number of hydrogen-bond donors (Lipinski definition) is 0. The molecular weight excluding hydrogens is 433 g/mol. The summed E-state index contributed by atoms with van der Waals surface area (Å²) in [5, 5.41) is 7.12. The second-order valence-electron chi connectivity index (χ2n) is 8.73. The van der Waals surface area contributed by atoms with Crippen LogP contribution >= 0.6 is 7.14 Å². The van der Waals surface area contributed by atoms with Crippen LogP contribution < -0.4 is 15.9 Å². The van der Waals surface area contributed by atoms with E-state index in [4.69, 9.17) is 0 Å². The molecule has 0 aliphatic carbocycles. The Labute approximate surface area is 197 Å². The van der Waals surface area contributed by atoms with E-state index in [0.717, 1.165) is 48.9 Å². The molecule has 1 aromatic heterocycles. The number of aromatic nitrogens is 1. The monoisotopic (exact) mass is 453 g/mol. The van der Waals surface area contributed by atoms with Crippen molar-refractivity contribution in [1.29, 1.82) is 0 Å². The number of hydrogen-bond acceptors (Lipinski definition) is 2. The van der Waals surface area contributed by atoms with Crippen LogP contribution in [0.2, 0.25) is 0 Å². The Hall–Kier alpha value is -4.00. The zero-order chi connectivity index (χ0) is 22.7. The van der Waals surface area contributed by atoms with Crippen LogP contribution in [0, 0.1) is 0 Å². The first-order valence-corrected chi connectivity index (χ1v) is 13.1. The lowest BCUT2D eigenvalue weighted by Gasteiger charge is -2.22. The Morgan fingerprint density at radius 2 is 1.21 bits per heavy atom. The van der Waals surface area contributed by atoms with Crippen molar-refractivity contribution in [1.82, 2.24) is 4.98 Å². The highest BCUT2D eigenvalue weighted by Gasteiger charge is 2.38. The highest BCUT2D eigenvalue weighted by molar-refractivity contribution is 7.85. The molecule has 0 saturated carbocycles. The van der Waals surface area contributed by atoms with Gasteiger partial charge in [0.25, 0.3) is 0 Å². The first-order chi connectivity index (χ1) is 16.8. The highest BCUT2D eigenvalue weighted by Crippen LogP contribution is 2.54. The van der Waals surface area contributed by atoms with E-state index >= 15 is 4.57 Å². The Morgan fingerprint density at radius 3 is 1.97 bits per heavy atom. The molecule has 0 amide bonds. The van der Waals surface area contributed by atoms with Gasteiger partial charge in [-0.05, 0) is 56.4 Å². The van der Waals surface area contributed by atoms with Gasteiger partial charge in [0, 0.05) is 33.9 Å². The third-order valence-electron chi connectivity index (χ3n) is 6.97. The van der Waals surface area contributed by atoms with Gasteiger partial charge in [-0.3, -0.25) is 4.98 Å². The van der Waals surface area contributed by atoms with Crippen LogP contribution in [0.1, 0.15) is 0 Å². The van der Waals surface area contributed by atoms with E-state index in [-0.39, 0.29) is 0 Å². The van der Waals surface area contributed by atoms with E-state index < -0.39 is 7.14 Å². The number of nitrogens with zero attached hydrogens (tertiary/aromatic N) is 1. The minimum absolute atomic E-state index is 0.760. The molecule has 34 heavy (non-hydrogen) atoms. The summed E-state index contributed by atoms with van der Waals surface area (Å²) in [7, 11) is -3.22. The van der Waals surface area contributed by atoms with Gasteiger partial charge in [-0.15, -0.1) is 0 Å². The summed E-state index contributed by atoms with van der Waals surface area (Å²) >= 11 is 0. The van der Waals surface area contributed by atoms with Crippen molar-refractivity contribution in [3.05, 3.63) is 122 Å². The molecule has 2 heterocycles. The maximum absolute atomic E-state index is 15.5. The topological polar surface area (TPSA) is 30.0 Å². The molecule has 1 aliphatic rings. The molecule has 7 rings (SSSR count). The molecule has 0 fully saturated rings. The SMILES string of the molecule is O=P1(c2cccnc2)c2ccccc2-c2ccc3ccccc3c2-c2c1ccc1ccccc21. The number of pyridine rings is 1. The summed E-state index contributed by atoms with van der Waals surface area (Å²) in [5.41, 5.74) is 4.36. The van der Waals surface area contributed by atoms with E-state index in [9.17, 15) is 0 Å². The van der Waals surface area contributed by atoms with Crippen LogP contribution in [0.3, 0.4) is 0 Å². The van der Waals surface area contributed by atoms with Gasteiger partial charge in [0.1, 0.15) is 0 Å². The Kier molecular flexibility index (Phi) is 4.15. The van der Waals surface area contributed by atoms with Crippen molar-refractivity contribution < 1.29 is 4.57 Å². The fraction of sp³-hybridized carbons (Fsp3) is 0. The molecule has 5 aromatic carbocycles.